The summed E-state index contributed by atoms with van der Waals surface area (Å²) in [6.45, 7) is 10.4. The van der Waals surface area contributed by atoms with Crippen molar-refractivity contribution >= 4 is 21.9 Å². The van der Waals surface area contributed by atoms with E-state index in [-0.39, 0.29) is 19.1 Å². The van der Waals surface area contributed by atoms with Crippen LogP contribution in [0.5, 0.6) is 0 Å². The van der Waals surface area contributed by atoms with Gasteiger partial charge in [0.15, 0.2) is 5.78 Å². The normalized spacial score (nSPS) is 15.2. The predicted molar refractivity (Wildman–Crippen MR) is 120 cm³/mol. The molecule has 3 N–H and O–H groups in total. The number of primary sulfonamides is 1. The van der Waals surface area contributed by atoms with Crippen LogP contribution in [0.2, 0.25) is 0 Å². The Morgan fingerprint density at radius 1 is 1.10 bits per heavy atom. The lowest BCUT2D eigenvalue weighted by molar-refractivity contribution is -0.127. The van der Waals surface area contributed by atoms with Crippen LogP contribution in [-0.4, -0.2) is 43.8 Å². The molecule has 0 radical (unpaired) electrons. The van der Waals surface area contributed by atoms with Gasteiger partial charge in [0.1, 0.15) is 17.5 Å². The molecule has 0 saturated heterocycles. The van der Waals surface area contributed by atoms with Gasteiger partial charge in [-0.25, -0.2) is 18.4 Å². The van der Waals surface area contributed by atoms with Crippen molar-refractivity contribution in [2.75, 3.05) is 6.61 Å². The molecule has 0 fully saturated rings. The van der Waals surface area contributed by atoms with Crippen LogP contribution in [0.4, 0.5) is 4.79 Å². The standard InChI is InChI=1S/C22H36N2O6S/c1-15(2)12-18(24-21(26)30-22(4,5)6)20(31(23,27)28)16(3)19(25)14-29-13-17-10-8-7-9-11-17/h7-11,15-16,18,20H,12-14H2,1-6H3,(H,24,26)(H2,23,27,28). The van der Waals surface area contributed by atoms with Gasteiger partial charge >= 0.3 is 6.09 Å². The van der Waals surface area contributed by atoms with Crippen LogP contribution in [0, 0.1) is 11.8 Å². The van der Waals surface area contributed by atoms with Gasteiger partial charge < -0.3 is 14.8 Å². The Morgan fingerprint density at radius 3 is 2.16 bits per heavy atom. The zero-order valence-electron chi connectivity index (χ0n) is 19.3. The number of hydrogen-bond acceptors (Lipinski definition) is 6. The monoisotopic (exact) mass is 456 g/mol. The van der Waals surface area contributed by atoms with E-state index in [0.29, 0.717) is 6.42 Å². The molecule has 1 aromatic rings. The second-order valence-corrected chi connectivity index (χ2v) is 10.9. The van der Waals surface area contributed by atoms with Gasteiger partial charge in [0.2, 0.25) is 10.0 Å². The average molecular weight is 457 g/mol. The van der Waals surface area contributed by atoms with E-state index in [1.165, 1.54) is 6.92 Å². The second kappa shape index (κ2) is 11.6. The lowest BCUT2D eigenvalue weighted by Gasteiger charge is -2.32. The number of rotatable bonds is 11. The summed E-state index contributed by atoms with van der Waals surface area (Å²) < 4.78 is 35.7. The lowest BCUT2D eigenvalue weighted by atomic mass is 9.91. The highest BCUT2D eigenvalue weighted by Gasteiger charge is 2.40. The van der Waals surface area contributed by atoms with E-state index in [1.54, 1.807) is 20.8 Å². The molecule has 0 saturated carbocycles. The third-order valence-electron chi connectivity index (χ3n) is 4.56. The molecule has 9 heteroatoms. The first kappa shape index (κ1) is 27.1. The summed E-state index contributed by atoms with van der Waals surface area (Å²) in [6.07, 6.45) is -0.449. The van der Waals surface area contributed by atoms with Gasteiger partial charge in [-0.2, -0.15) is 0 Å². The van der Waals surface area contributed by atoms with E-state index >= 15 is 0 Å². The first-order valence-corrected chi connectivity index (χ1v) is 12.0. The van der Waals surface area contributed by atoms with Crippen molar-refractivity contribution in [3.05, 3.63) is 35.9 Å². The number of alkyl carbamates (subject to hydrolysis) is 1. The van der Waals surface area contributed by atoms with Gasteiger partial charge in [0, 0.05) is 5.92 Å². The molecule has 3 unspecified atom stereocenters. The number of sulfonamides is 1. The van der Waals surface area contributed by atoms with Crippen LogP contribution in [0.3, 0.4) is 0 Å². The minimum absolute atomic E-state index is 0.0424. The van der Waals surface area contributed by atoms with E-state index in [2.05, 4.69) is 5.32 Å². The minimum Gasteiger partial charge on any atom is -0.444 e. The number of ketones is 1. The van der Waals surface area contributed by atoms with E-state index < -0.39 is 44.7 Å². The molecule has 0 aliphatic heterocycles. The van der Waals surface area contributed by atoms with Crippen LogP contribution >= 0.6 is 0 Å². The summed E-state index contributed by atoms with van der Waals surface area (Å²) >= 11 is 0. The number of nitrogens with one attached hydrogen (secondary N) is 1. The van der Waals surface area contributed by atoms with Crippen molar-refractivity contribution < 1.29 is 27.5 Å². The number of benzene rings is 1. The first-order chi connectivity index (χ1) is 14.2. The molecule has 0 aliphatic carbocycles. The van der Waals surface area contributed by atoms with Crippen molar-refractivity contribution in [2.24, 2.45) is 17.0 Å². The van der Waals surface area contributed by atoms with Crippen molar-refractivity contribution in [1.82, 2.24) is 5.32 Å². The highest BCUT2D eigenvalue weighted by Crippen LogP contribution is 2.22. The minimum atomic E-state index is -4.17. The van der Waals surface area contributed by atoms with Gasteiger partial charge in [-0.3, -0.25) is 4.79 Å². The van der Waals surface area contributed by atoms with Gasteiger partial charge in [-0.1, -0.05) is 51.1 Å². The van der Waals surface area contributed by atoms with Gasteiger partial charge in [-0.05, 0) is 38.7 Å². The molecule has 0 bridgehead atoms. The summed E-state index contributed by atoms with van der Waals surface area (Å²) in [6, 6.07) is 8.44. The molecular weight excluding hydrogens is 420 g/mol. The number of ether oxygens (including phenoxy) is 2. The van der Waals surface area contributed by atoms with E-state index in [1.807, 2.05) is 44.2 Å². The molecular formula is C22H36N2O6S. The maximum Gasteiger partial charge on any atom is 0.407 e. The Morgan fingerprint density at radius 2 is 1.68 bits per heavy atom. The molecule has 1 amide bonds. The summed E-state index contributed by atoms with van der Waals surface area (Å²) in [7, 11) is -4.17. The van der Waals surface area contributed by atoms with Crippen LogP contribution in [-0.2, 0) is 30.9 Å². The molecule has 1 rings (SSSR count). The van der Waals surface area contributed by atoms with E-state index in [9.17, 15) is 18.0 Å². The van der Waals surface area contributed by atoms with Crippen molar-refractivity contribution in [3.63, 3.8) is 0 Å². The number of Topliss-reactive ketones (excluding diaryl/α,β-unsaturated/α-hetero) is 1. The van der Waals surface area contributed by atoms with Gasteiger partial charge in [0.25, 0.3) is 0 Å². The first-order valence-electron chi connectivity index (χ1n) is 10.4. The highest BCUT2D eigenvalue weighted by atomic mass is 32.2. The Bertz CT molecular complexity index is 818. The maximum absolute atomic E-state index is 12.7. The summed E-state index contributed by atoms with van der Waals surface area (Å²) in [5, 5.41) is 6.81. The third-order valence-corrected chi connectivity index (χ3v) is 6.06. The molecule has 31 heavy (non-hydrogen) atoms. The molecule has 8 nitrogen and oxygen atoms in total. The number of carbonyl (C=O) groups is 2. The number of carbonyl (C=O) groups excluding carboxylic acids is 2. The lowest BCUT2D eigenvalue weighted by Crippen LogP contribution is -2.54. The Balaban J connectivity index is 2.96. The molecule has 1 aromatic carbocycles. The molecule has 3 atom stereocenters. The Hall–Kier alpha value is -1.97. The zero-order chi connectivity index (χ0) is 23.8. The second-order valence-electron chi connectivity index (χ2n) is 9.17. The summed E-state index contributed by atoms with van der Waals surface area (Å²) in [4.78, 5) is 25.1. The van der Waals surface area contributed by atoms with E-state index in [0.717, 1.165) is 5.56 Å². The molecule has 0 aromatic heterocycles. The van der Waals surface area contributed by atoms with Crippen LogP contribution in [0.15, 0.2) is 30.3 Å². The fraction of sp³-hybridized carbons (Fsp3) is 0.636. The fourth-order valence-electron chi connectivity index (χ4n) is 3.26. The van der Waals surface area contributed by atoms with Crippen molar-refractivity contribution in [3.8, 4) is 0 Å². The zero-order valence-corrected chi connectivity index (χ0v) is 20.1. The van der Waals surface area contributed by atoms with Crippen LogP contribution < -0.4 is 10.5 Å². The van der Waals surface area contributed by atoms with Crippen LogP contribution in [0.1, 0.15) is 53.5 Å². The quantitative estimate of drug-likeness (QED) is 0.527. The molecule has 0 heterocycles. The number of amides is 1. The summed E-state index contributed by atoms with van der Waals surface area (Å²) in [5.41, 5.74) is 0.145. The molecule has 176 valence electrons. The van der Waals surface area contributed by atoms with Crippen LogP contribution in [0.25, 0.3) is 0 Å². The Labute approximate surface area is 185 Å². The molecule has 0 aliphatic rings. The smallest absolute Gasteiger partial charge is 0.407 e. The highest BCUT2D eigenvalue weighted by molar-refractivity contribution is 7.89. The average Bonchev–Trinajstić information content (AvgIpc) is 2.59. The molecule has 0 spiro atoms. The number of nitrogens with two attached hydrogens (primary N) is 1. The predicted octanol–water partition coefficient (Wildman–Crippen LogP) is 3.00. The Kier molecular flexibility index (Phi) is 10.1. The van der Waals surface area contributed by atoms with E-state index in [4.69, 9.17) is 14.6 Å². The SMILES string of the molecule is CC(C)CC(NC(=O)OC(C)(C)C)C(C(C)C(=O)COCc1ccccc1)S(N)(=O)=O. The summed E-state index contributed by atoms with van der Waals surface area (Å²) in [5.74, 6) is -1.35. The maximum atomic E-state index is 12.7. The fourth-order valence-corrected chi connectivity index (χ4v) is 4.62. The topological polar surface area (TPSA) is 125 Å². The van der Waals surface area contributed by atoms with Gasteiger partial charge in [-0.15, -0.1) is 0 Å². The largest absolute Gasteiger partial charge is 0.444 e. The third kappa shape index (κ3) is 10.3. The van der Waals surface area contributed by atoms with Crippen molar-refractivity contribution in [2.45, 2.75) is 71.5 Å². The van der Waals surface area contributed by atoms with Gasteiger partial charge in [0.05, 0.1) is 12.6 Å². The van der Waals surface area contributed by atoms with Crippen molar-refractivity contribution in [1.29, 1.82) is 0 Å². The number of hydrogen-bond donors (Lipinski definition) is 2.